The molecule has 1 fully saturated rings. The van der Waals surface area contributed by atoms with Gasteiger partial charge >= 0.3 is 0 Å². The van der Waals surface area contributed by atoms with Crippen molar-refractivity contribution >= 4 is 11.8 Å². The molecule has 1 aromatic rings. The van der Waals surface area contributed by atoms with Crippen LogP contribution in [0, 0.1) is 0 Å². The van der Waals surface area contributed by atoms with Gasteiger partial charge in [-0.25, -0.2) is 4.98 Å². The van der Waals surface area contributed by atoms with Gasteiger partial charge in [-0.1, -0.05) is 19.4 Å². The molecule has 1 saturated carbocycles. The van der Waals surface area contributed by atoms with Crippen molar-refractivity contribution in [3.8, 4) is 0 Å². The fourth-order valence-corrected chi connectivity index (χ4v) is 4.04. The van der Waals surface area contributed by atoms with Crippen LogP contribution in [-0.4, -0.2) is 34.0 Å². The third-order valence-corrected chi connectivity index (χ3v) is 4.80. The fourth-order valence-electron chi connectivity index (χ4n) is 2.73. The zero-order valence-corrected chi connectivity index (χ0v) is 11.7. The van der Waals surface area contributed by atoms with Crippen LogP contribution in [0.4, 0.5) is 0 Å². The molecule has 2 rings (SSSR count). The van der Waals surface area contributed by atoms with E-state index >= 15 is 0 Å². The van der Waals surface area contributed by atoms with E-state index in [9.17, 15) is 5.11 Å². The summed E-state index contributed by atoms with van der Waals surface area (Å²) in [6.07, 6.45) is 6.34. The van der Waals surface area contributed by atoms with Crippen molar-refractivity contribution in [1.29, 1.82) is 0 Å². The smallest absolute Gasteiger partial charge is 0.0962 e. The zero-order valence-electron chi connectivity index (χ0n) is 10.9. The van der Waals surface area contributed by atoms with Gasteiger partial charge < -0.3 is 10.4 Å². The maximum Gasteiger partial charge on any atom is 0.0962 e. The van der Waals surface area contributed by atoms with Crippen molar-refractivity contribution in [3.63, 3.8) is 0 Å². The third-order valence-electron chi connectivity index (χ3n) is 3.58. The van der Waals surface area contributed by atoms with E-state index in [1.54, 1.807) is 0 Å². The molecule has 18 heavy (non-hydrogen) atoms. The largest absolute Gasteiger partial charge is 0.394 e. The van der Waals surface area contributed by atoms with Gasteiger partial charge in [-0.05, 0) is 37.9 Å². The molecule has 2 N–H and O–H groups in total. The van der Waals surface area contributed by atoms with Gasteiger partial charge in [0.25, 0.3) is 0 Å². The Balaban J connectivity index is 1.98. The molecule has 0 radical (unpaired) electrons. The molecule has 2 unspecified atom stereocenters. The number of aliphatic hydroxyl groups is 1. The number of thioether (sulfide) groups is 1. The van der Waals surface area contributed by atoms with Gasteiger partial charge in [0.2, 0.25) is 0 Å². The lowest BCUT2D eigenvalue weighted by Crippen LogP contribution is -2.52. The van der Waals surface area contributed by atoms with E-state index in [0.717, 1.165) is 24.4 Å². The molecule has 1 aromatic heterocycles. The first-order chi connectivity index (χ1) is 8.78. The molecule has 1 heterocycles. The van der Waals surface area contributed by atoms with Gasteiger partial charge in [0.05, 0.1) is 11.6 Å². The van der Waals surface area contributed by atoms with E-state index in [0.29, 0.717) is 5.25 Å². The number of nitrogens with one attached hydrogen (secondary N) is 1. The molecule has 0 amide bonds. The van der Waals surface area contributed by atoms with Crippen molar-refractivity contribution in [1.82, 2.24) is 10.3 Å². The molecule has 0 spiro atoms. The van der Waals surface area contributed by atoms with Gasteiger partial charge in [0.15, 0.2) is 0 Å². The standard InChI is InChI=1S/C14H22N2OS/c1-2-16-14(11-17)8-5-6-12(10-14)18-13-7-3-4-9-15-13/h3-4,7,9,12,16-17H,2,5-6,8,10-11H2,1H3. The molecule has 4 heteroatoms. The minimum Gasteiger partial charge on any atom is -0.394 e. The number of nitrogens with zero attached hydrogens (tertiary/aromatic N) is 1. The normalized spacial score (nSPS) is 28.2. The molecular weight excluding hydrogens is 244 g/mol. The van der Waals surface area contributed by atoms with Gasteiger partial charge in [0, 0.05) is 17.0 Å². The van der Waals surface area contributed by atoms with E-state index in [2.05, 4.69) is 23.3 Å². The summed E-state index contributed by atoms with van der Waals surface area (Å²) in [6, 6.07) is 6.04. The van der Waals surface area contributed by atoms with Crippen molar-refractivity contribution in [2.24, 2.45) is 0 Å². The second kappa shape index (κ2) is 6.55. The van der Waals surface area contributed by atoms with Crippen LogP contribution in [0.5, 0.6) is 0 Å². The van der Waals surface area contributed by atoms with Crippen LogP contribution < -0.4 is 5.32 Å². The first kappa shape index (κ1) is 13.8. The topological polar surface area (TPSA) is 45.1 Å². The Morgan fingerprint density at radius 2 is 2.44 bits per heavy atom. The third kappa shape index (κ3) is 3.46. The summed E-state index contributed by atoms with van der Waals surface area (Å²) in [5, 5.41) is 14.8. The van der Waals surface area contributed by atoms with E-state index in [-0.39, 0.29) is 12.1 Å². The number of hydrogen-bond donors (Lipinski definition) is 2. The van der Waals surface area contributed by atoms with Crippen molar-refractivity contribution in [2.75, 3.05) is 13.2 Å². The van der Waals surface area contributed by atoms with Crippen LogP contribution in [0.1, 0.15) is 32.6 Å². The first-order valence-electron chi connectivity index (χ1n) is 6.71. The first-order valence-corrected chi connectivity index (χ1v) is 7.59. The molecule has 1 aliphatic rings. The summed E-state index contributed by atoms with van der Waals surface area (Å²) >= 11 is 1.85. The molecule has 3 nitrogen and oxygen atoms in total. The van der Waals surface area contributed by atoms with Crippen LogP contribution >= 0.6 is 11.8 Å². The number of rotatable bonds is 5. The Morgan fingerprint density at radius 3 is 3.11 bits per heavy atom. The summed E-state index contributed by atoms with van der Waals surface area (Å²) in [5.74, 6) is 0. The summed E-state index contributed by atoms with van der Waals surface area (Å²) in [7, 11) is 0. The lowest BCUT2D eigenvalue weighted by Gasteiger charge is -2.40. The Bertz CT molecular complexity index is 356. The minimum absolute atomic E-state index is 0.0700. The molecule has 0 aliphatic heterocycles. The van der Waals surface area contributed by atoms with Crippen LogP contribution in [-0.2, 0) is 0 Å². The van der Waals surface area contributed by atoms with E-state index < -0.39 is 0 Å². The Morgan fingerprint density at radius 1 is 1.56 bits per heavy atom. The lowest BCUT2D eigenvalue weighted by atomic mass is 9.82. The molecular formula is C14H22N2OS. The predicted octanol–water partition coefficient (Wildman–Crippen LogP) is 2.46. The van der Waals surface area contributed by atoms with Crippen molar-refractivity contribution in [3.05, 3.63) is 24.4 Å². The highest BCUT2D eigenvalue weighted by Gasteiger charge is 2.35. The molecule has 100 valence electrons. The highest BCUT2D eigenvalue weighted by atomic mass is 32.2. The van der Waals surface area contributed by atoms with E-state index in [1.165, 1.54) is 12.8 Å². The van der Waals surface area contributed by atoms with Gasteiger partial charge in [-0.15, -0.1) is 11.8 Å². The summed E-state index contributed by atoms with van der Waals surface area (Å²) in [4.78, 5) is 4.37. The average Bonchev–Trinajstić information content (AvgIpc) is 2.41. The van der Waals surface area contributed by atoms with Gasteiger partial charge in [0.1, 0.15) is 0 Å². The van der Waals surface area contributed by atoms with Gasteiger partial charge in [-0.2, -0.15) is 0 Å². The van der Waals surface area contributed by atoms with E-state index in [1.807, 2.05) is 30.1 Å². The summed E-state index contributed by atoms with van der Waals surface area (Å²) < 4.78 is 0. The zero-order chi connectivity index (χ0) is 12.8. The molecule has 0 aromatic carbocycles. The summed E-state index contributed by atoms with van der Waals surface area (Å²) in [6.45, 7) is 3.26. The second-order valence-corrected chi connectivity index (χ2v) is 6.29. The SMILES string of the molecule is CCNC1(CO)CCCC(Sc2ccccn2)C1. The molecule has 2 atom stereocenters. The van der Waals surface area contributed by atoms with Crippen LogP contribution in [0.3, 0.4) is 0 Å². The van der Waals surface area contributed by atoms with Crippen LogP contribution in [0.25, 0.3) is 0 Å². The fraction of sp³-hybridized carbons (Fsp3) is 0.643. The lowest BCUT2D eigenvalue weighted by molar-refractivity contribution is 0.125. The maximum atomic E-state index is 9.67. The molecule has 0 bridgehead atoms. The van der Waals surface area contributed by atoms with Crippen LogP contribution in [0.2, 0.25) is 0 Å². The number of aromatic nitrogens is 1. The minimum atomic E-state index is -0.0700. The Labute approximate surface area is 113 Å². The quantitative estimate of drug-likeness (QED) is 0.859. The number of hydrogen-bond acceptors (Lipinski definition) is 4. The number of pyridine rings is 1. The predicted molar refractivity (Wildman–Crippen MR) is 75.8 cm³/mol. The summed E-state index contributed by atoms with van der Waals surface area (Å²) in [5.41, 5.74) is -0.0700. The monoisotopic (exact) mass is 266 g/mol. The molecule has 0 saturated heterocycles. The Kier molecular flexibility index (Phi) is 5.03. The second-order valence-electron chi connectivity index (χ2n) is 4.97. The highest BCUT2D eigenvalue weighted by Crippen LogP contribution is 2.37. The Hall–Kier alpha value is -0.580. The average molecular weight is 266 g/mol. The van der Waals surface area contributed by atoms with E-state index in [4.69, 9.17) is 0 Å². The van der Waals surface area contributed by atoms with Crippen molar-refractivity contribution in [2.45, 2.75) is 48.4 Å². The molecule has 1 aliphatic carbocycles. The van der Waals surface area contributed by atoms with Crippen molar-refractivity contribution < 1.29 is 5.11 Å². The highest BCUT2D eigenvalue weighted by molar-refractivity contribution is 7.99. The van der Waals surface area contributed by atoms with Gasteiger partial charge in [-0.3, -0.25) is 0 Å². The van der Waals surface area contributed by atoms with Crippen LogP contribution in [0.15, 0.2) is 29.4 Å². The maximum absolute atomic E-state index is 9.67. The number of likely N-dealkylation sites (N-methyl/N-ethyl adjacent to an activating group) is 1. The number of aliphatic hydroxyl groups excluding tert-OH is 1.